The Hall–Kier alpha value is -2.43. The van der Waals surface area contributed by atoms with Gasteiger partial charge < -0.3 is 5.32 Å². The van der Waals surface area contributed by atoms with E-state index < -0.39 is 0 Å². The summed E-state index contributed by atoms with van der Waals surface area (Å²) in [5.74, 6) is 1.35. The molecule has 1 N–H and O–H groups in total. The third-order valence-electron chi connectivity index (χ3n) is 3.82. The molecule has 0 unspecified atom stereocenters. The van der Waals surface area contributed by atoms with Gasteiger partial charge in [0.15, 0.2) is 5.82 Å². The fourth-order valence-corrected chi connectivity index (χ4v) is 3.09. The van der Waals surface area contributed by atoms with Crippen LogP contribution < -0.4 is 5.32 Å². The monoisotopic (exact) mass is 409 g/mol. The summed E-state index contributed by atoms with van der Waals surface area (Å²) in [5.41, 5.74) is 2.64. The molecule has 5 heteroatoms. The number of anilines is 2. The fourth-order valence-electron chi connectivity index (χ4n) is 2.60. The summed E-state index contributed by atoms with van der Waals surface area (Å²) in [7, 11) is 0. The van der Waals surface area contributed by atoms with E-state index in [0.29, 0.717) is 10.8 Å². The van der Waals surface area contributed by atoms with Crippen molar-refractivity contribution >= 4 is 49.9 Å². The Balaban J connectivity index is 1.87. The van der Waals surface area contributed by atoms with Gasteiger partial charge in [0.2, 0.25) is 0 Å². The molecular formula is C20H13BrClN3. The van der Waals surface area contributed by atoms with Gasteiger partial charge in [0.05, 0.1) is 10.5 Å². The van der Waals surface area contributed by atoms with E-state index in [1.807, 2.05) is 72.8 Å². The quantitative estimate of drug-likeness (QED) is 0.421. The van der Waals surface area contributed by atoms with Crippen molar-refractivity contribution < 1.29 is 0 Å². The fraction of sp³-hybridized carbons (Fsp3) is 0. The van der Waals surface area contributed by atoms with Gasteiger partial charge in [-0.3, -0.25) is 0 Å². The molecule has 0 aliphatic rings. The Kier molecular flexibility index (Phi) is 4.38. The number of benzene rings is 3. The third kappa shape index (κ3) is 3.36. The predicted octanol–water partition coefficient (Wildman–Crippen LogP) is 6.46. The number of hydrogen-bond acceptors (Lipinski definition) is 3. The molecule has 4 aromatic rings. The summed E-state index contributed by atoms with van der Waals surface area (Å²) < 4.78 is 1.03. The molecule has 4 rings (SSSR count). The standard InChI is InChI=1S/C20H13BrClN3/c21-13-9-11-14(12-10-13)23-20-16-6-2-4-8-18(16)24-19(25-20)15-5-1-3-7-17(15)22/h1-12H,(H,23,24,25). The Bertz CT molecular complexity index is 1050. The summed E-state index contributed by atoms with van der Waals surface area (Å²) in [5, 5.41) is 4.98. The van der Waals surface area contributed by atoms with Crippen LogP contribution in [0.4, 0.5) is 11.5 Å². The predicted molar refractivity (Wildman–Crippen MR) is 107 cm³/mol. The number of para-hydroxylation sites is 1. The van der Waals surface area contributed by atoms with Crippen molar-refractivity contribution in [3.63, 3.8) is 0 Å². The SMILES string of the molecule is Clc1ccccc1-c1nc(Nc2ccc(Br)cc2)c2ccccc2n1. The van der Waals surface area contributed by atoms with Crippen molar-refractivity contribution in [3.8, 4) is 11.4 Å². The van der Waals surface area contributed by atoms with Gasteiger partial charge in [-0.15, -0.1) is 0 Å². The second-order valence-electron chi connectivity index (χ2n) is 5.52. The first kappa shape index (κ1) is 16.1. The highest BCUT2D eigenvalue weighted by molar-refractivity contribution is 9.10. The molecule has 0 aliphatic heterocycles. The average molecular weight is 411 g/mol. The van der Waals surface area contributed by atoms with E-state index in [1.54, 1.807) is 0 Å². The molecule has 0 radical (unpaired) electrons. The summed E-state index contributed by atoms with van der Waals surface area (Å²) in [6, 6.07) is 23.5. The second-order valence-corrected chi connectivity index (χ2v) is 6.85. The highest BCUT2D eigenvalue weighted by atomic mass is 79.9. The van der Waals surface area contributed by atoms with Crippen LogP contribution >= 0.6 is 27.5 Å². The minimum absolute atomic E-state index is 0.601. The van der Waals surface area contributed by atoms with Crippen LogP contribution in [0.2, 0.25) is 5.02 Å². The number of rotatable bonds is 3. The lowest BCUT2D eigenvalue weighted by atomic mass is 10.1. The summed E-state index contributed by atoms with van der Waals surface area (Å²) >= 11 is 9.79. The van der Waals surface area contributed by atoms with Crippen LogP contribution in [0.3, 0.4) is 0 Å². The normalized spacial score (nSPS) is 10.8. The van der Waals surface area contributed by atoms with E-state index in [1.165, 1.54) is 0 Å². The zero-order valence-electron chi connectivity index (χ0n) is 13.1. The first-order chi connectivity index (χ1) is 12.2. The smallest absolute Gasteiger partial charge is 0.163 e. The van der Waals surface area contributed by atoms with Crippen LogP contribution in [0.15, 0.2) is 77.3 Å². The molecule has 0 fully saturated rings. The average Bonchev–Trinajstić information content (AvgIpc) is 2.64. The Morgan fingerprint density at radius 2 is 1.52 bits per heavy atom. The van der Waals surface area contributed by atoms with Crippen LogP contribution in [0.25, 0.3) is 22.3 Å². The zero-order valence-corrected chi connectivity index (χ0v) is 15.4. The van der Waals surface area contributed by atoms with Gasteiger partial charge in [-0.2, -0.15) is 0 Å². The van der Waals surface area contributed by atoms with Gasteiger partial charge in [-0.1, -0.05) is 51.8 Å². The van der Waals surface area contributed by atoms with E-state index in [9.17, 15) is 0 Å². The second kappa shape index (κ2) is 6.82. The van der Waals surface area contributed by atoms with Crippen LogP contribution in [0.1, 0.15) is 0 Å². The van der Waals surface area contributed by atoms with Gasteiger partial charge in [0.1, 0.15) is 5.82 Å². The van der Waals surface area contributed by atoms with Crippen LogP contribution in [-0.2, 0) is 0 Å². The Morgan fingerprint density at radius 1 is 0.800 bits per heavy atom. The van der Waals surface area contributed by atoms with Crippen molar-refractivity contribution in [2.45, 2.75) is 0 Å². The topological polar surface area (TPSA) is 37.8 Å². The minimum Gasteiger partial charge on any atom is -0.340 e. The summed E-state index contributed by atoms with van der Waals surface area (Å²) in [6.07, 6.45) is 0. The number of nitrogens with one attached hydrogen (secondary N) is 1. The van der Waals surface area contributed by atoms with Crippen molar-refractivity contribution in [1.29, 1.82) is 0 Å². The lowest BCUT2D eigenvalue weighted by Gasteiger charge is -2.12. The lowest BCUT2D eigenvalue weighted by molar-refractivity contribution is 1.22. The van der Waals surface area contributed by atoms with Crippen LogP contribution in [0.5, 0.6) is 0 Å². The van der Waals surface area contributed by atoms with E-state index in [0.717, 1.165) is 32.4 Å². The maximum absolute atomic E-state index is 6.33. The van der Waals surface area contributed by atoms with E-state index >= 15 is 0 Å². The first-order valence-corrected chi connectivity index (χ1v) is 8.92. The molecule has 0 saturated carbocycles. The number of fused-ring (bicyclic) bond motifs is 1. The van der Waals surface area contributed by atoms with Crippen molar-refractivity contribution in [1.82, 2.24) is 9.97 Å². The number of hydrogen-bond donors (Lipinski definition) is 1. The van der Waals surface area contributed by atoms with Crippen molar-refractivity contribution in [3.05, 3.63) is 82.3 Å². The van der Waals surface area contributed by atoms with E-state index in [2.05, 4.69) is 26.2 Å². The highest BCUT2D eigenvalue weighted by Crippen LogP contribution is 2.30. The molecule has 0 aliphatic carbocycles. The van der Waals surface area contributed by atoms with Crippen molar-refractivity contribution in [2.75, 3.05) is 5.32 Å². The first-order valence-electron chi connectivity index (χ1n) is 7.75. The largest absolute Gasteiger partial charge is 0.340 e. The summed E-state index contributed by atoms with van der Waals surface area (Å²) in [6.45, 7) is 0. The lowest BCUT2D eigenvalue weighted by Crippen LogP contribution is -1.99. The van der Waals surface area contributed by atoms with Crippen LogP contribution in [-0.4, -0.2) is 9.97 Å². The number of aromatic nitrogens is 2. The van der Waals surface area contributed by atoms with Gasteiger partial charge in [0, 0.05) is 21.1 Å². The minimum atomic E-state index is 0.601. The zero-order chi connectivity index (χ0) is 17.2. The number of nitrogens with zero attached hydrogens (tertiary/aromatic N) is 2. The molecule has 0 amide bonds. The van der Waals surface area contributed by atoms with Gasteiger partial charge in [-0.05, 0) is 48.5 Å². The summed E-state index contributed by atoms with van der Waals surface area (Å²) in [4.78, 5) is 9.41. The molecule has 122 valence electrons. The molecular weight excluding hydrogens is 398 g/mol. The maximum Gasteiger partial charge on any atom is 0.163 e. The Morgan fingerprint density at radius 3 is 2.32 bits per heavy atom. The van der Waals surface area contributed by atoms with Gasteiger partial charge in [0.25, 0.3) is 0 Å². The molecule has 0 bridgehead atoms. The molecule has 25 heavy (non-hydrogen) atoms. The van der Waals surface area contributed by atoms with Crippen LogP contribution in [0, 0.1) is 0 Å². The molecule has 0 atom stereocenters. The van der Waals surface area contributed by atoms with Gasteiger partial charge in [-0.25, -0.2) is 9.97 Å². The molecule has 3 aromatic carbocycles. The Labute approximate surface area is 158 Å². The maximum atomic E-state index is 6.33. The van der Waals surface area contributed by atoms with Gasteiger partial charge >= 0.3 is 0 Å². The molecule has 1 aromatic heterocycles. The molecule has 3 nitrogen and oxygen atoms in total. The third-order valence-corrected chi connectivity index (χ3v) is 4.68. The molecule has 1 heterocycles. The number of halogens is 2. The van der Waals surface area contributed by atoms with E-state index in [-0.39, 0.29) is 0 Å². The van der Waals surface area contributed by atoms with E-state index in [4.69, 9.17) is 16.6 Å². The van der Waals surface area contributed by atoms with Crippen molar-refractivity contribution in [2.24, 2.45) is 0 Å². The molecule has 0 saturated heterocycles. The highest BCUT2D eigenvalue weighted by Gasteiger charge is 2.11. The molecule has 0 spiro atoms.